The molecule has 3 aromatic carbocycles. The number of rotatable bonds is 2. The van der Waals surface area contributed by atoms with Crippen LogP contribution in [0.15, 0.2) is 67.0 Å². The van der Waals surface area contributed by atoms with Crippen LogP contribution in [0.4, 0.5) is 0 Å². The van der Waals surface area contributed by atoms with Gasteiger partial charge in [-0.1, -0.05) is 0 Å². The van der Waals surface area contributed by atoms with Crippen molar-refractivity contribution in [1.82, 2.24) is 9.97 Å². The Morgan fingerprint density at radius 3 is 2.54 bits per heavy atom. The van der Waals surface area contributed by atoms with Crippen LogP contribution in [0, 0.1) is 10.2 Å². The van der Waals surface area contributed by atoms with Gasteiger partial charge in [-0.15, -0.1) is 0 Å². The normalized spacial score (nSPS) is 11.2. The first-order chi connectivity index (χ1) is 12.8. The first-order valence-electron chi connectivity index (χ1n) is 8.06. The quantitative estimate of drug-likeness (QED) is 0.315. The van der Waals surface area contributed by atoms with Crippen molar-refractivity contribution in [3.05, 3.63) is 67.0 Å². The molecule has 5 rings (SSSR count). The van der Waals surface area contributed by atoms with Crippen LogP contribution in [0.3, 0.4) is 0 Å². The van der Waals surface area contributed by atoms with Gasteiger partial charge in [0.05, 0.1) is 0 Å². The van der Waals surface area contributed by atoms with Crippen LogP contribution in [0.25, 0.3) is 42.3 Å². The van der Waals surface area contributed by atoms with E-state index in [1.165, 1.54) is 10.1 Å². The summed E-state index contributed by atoms with van der Waals surface area (Å²) in [4.78, 5) is 12.6. The Bertz CT molecular complexity index is 1300. The molecule has 122 valence electrons. The summed E-state index contributed by atoms with van der Waals surface area (Å²) in [6.45, 7) is 0. The molecule has 5 aromatic rings. The van der Waals surface area contributed by atoms with Gasteiger partial charge in [-0.05, 0) is 0 Å². The van der Waals surface area contributed by atoms with Crippen LogP contribution in [-0.2, 0) is 0 Å². The number of thiophene rings is 1. The van der Waals surface area contributed by atoms with Crippen LogP contribution in [-0.4, -0.2) is 24.9 Å². The van der Waals surface area contributed by atoms with E-state index in [4.69, 9.17) is 0 Å². The second-order valence-corrected chi connectivity index (χ2v) is 8.64. The van der Waals surface area contributed by atoms with E-state index in [9.17, 15) is 5.26 Å². The van der Waals surface area contributed by atoms with E-state index in [0.717, 1.165) is 36.7 Å². The van der Waals surface area contributed by atoms with Crippen molar-refractivity contribution in [2.24, 2.45) is 0 Å². The molecule has 0 radical (unpaired) electrons. The Labute approximate surface area is 160 Å². The van der Waals surface area contributed by atoms with Crippen molar-refractivity contribution in [3.63, 3.8) is 0 Å². The zero-order valence-electron chi connectivity index (χ0n) is 13.5. The Kier molecular flexibility index (Phi) is 3.69. The average molecular weight is 416 g/mol. The minimum absolute atomic E-state index is 0.287. The third-order valence-electron chi connectivity index (χ3n) is 4.41. The molecule has 3 nitrogen and oxygen atoms in total. The zero-order valence-corrected chi connectivity index (χ0v) is 16.0. The summed E-state index contributed by atoms with van der Waals surface area (Å²) < 4.78 is 2.29. The summed E-state index contributed by atoms with van der Waals surface area (Å²) in [6.07, 6.45) is 1.62. The second kappa shape index (κ2) is 6.19. The Balaban J connectivity index is 1.88. The maximum absolute atomic E-state index is 9.36. The minimum atomic E-state index is -0.287. The molecule has 0 atom stereocenters. The van der Waals surface area contributed by atoms with E-state index < -0.39 is 0 Å². The molecular formula is C21H11N3SSe. The van der Waals surface area contributed by atoms with Crippen LogP contribution < -0.4 is 4.46 Å². The zero-order chi connectivity index (χ0) is 17.5. The van der Waals surface area contributed by atoms with Crippen molar-refractivity contribution >= 4 is 62.5 Å². The van der Waals surface area contributed by atoms with E-state index in [2.05, 4.69) is 63.5 Å². The fourth-order valence-electron chi connectivity index (χ4n) is 3.27. The fraction of sp³-hybridized carbons (Fsp3) is 0. The molecule has 0 amide bonds. The van der Waals surface area contributed by atoms with Gasteiger partial charge in [-0.25, -0.2) is 0 Å². The third kappa shape index (κ3) is 2.39. The molecular weight excluding hydrogens is 405 g/mol. The van der Waals surface area contributed by atoms with Gasteiger partial charge in [0.2, 0.25) is 0 Å². The molecule has 0 fully saturated rings. The number of hydrogen-bond acceptors (Lipinski definition) is 4. The average Bonchev–Trinajstić information content (AvgIpc) is 3.11. The van der Waals surface area contributed by atoms with E-state index in [0.29, 0.717) is 0 Å². The number of fused-ring (bicyclic) bond motifs is 3. The Hall–Kier alpha value is -2.77. The van der Waals surface area contributed by atoms with E-state index in [1.54, 1.807) is 17.7 Å². The van der Waals surface area contributed by atoms with Gasteiger partial charge >= 0.3 is 160 Å². The molecule has 5 heteroatoms. The molecule has 0 saturated heterocycles. The summed E-state index contributed by atoms with van der Waals surface area (Å²) >= 11 is 1.45. The number of nitrogens with zero attached hydrogens (tertiary/aromatic N) is 3. The molecule has 0 aliphatic rings. The number of aromatic nitrogens is 2. The SMILES string of the molecule is N#C[Se]c1c2ccccc2cc2c(-c3cc4ccccc4s3)ncnc12. The van der Waals surface area contributed by atoms with E-state index in [-0.39, 0.29) is 15.0 Å². The predicted molar refractivity (Wildman–Crippen MR) is 109 cm³/mol. The Morgan fingerprint density at radius 1 is 0.885 bits per heavy atom. The fourth-order valence-corrected chi connectivity index (χ4v) is 5.70. The van der Waals surface area contributed by atoms with Crippen LogP contribution >= 0.6 is 11.3 Å². The van der Waals surface area contributed by atoms with Gasteiger partial charge in [-0.2, -0.15) is 0 Å². The van der Waals surface area contributed by atoms with Gasteiger partial charge in [0.15, 0.2) is 0 Å². The van der Waals surface area contributed by atoms with Crippen molar-refractivity contribution in [3.8, 4) is 15.5 Å². The summed E-state index contributed by atoms with van der Waals surface area (Å²) in [6, 6.07) is 20.9. The van der Waals surface area contributed by atoms with Crippen LogP contribution in [0.1, 0.15) is 0 Å². The van der Waals surface area contributed by atoms with Crippen molar-refractivity contribution < 1.29 is 0 Å². The molecule has 0 N–H and O–H groups in total. The molecule has 0 spiro atoms. The van der Waals surface area contributed by atoms with E-state index >= 15 is 0 Å². The van der Waals surface area contributed by atoms with Crippen LogP contribution in [0.5, 0.6) is 0 Å². The van der Waals surface area contributed by atoms with Crippen molar-refractivity contribution in [2.45, 2.75) is 0 Å². The second-order valence-electron chi connectivity index (χ2n) is 5.89. The molecule has 2 heterocycles. The number of nitriles is 1. The molecule has 0 aliphatic heterocycles. The first kappa shape index (κ1) is 15.5. The van der Waals surface area contributed by atoms with Gasteiger partial charge in [0, 0.05) is 0 Å². The summed E-state index contributed by atoms with van der Waals surface area (Å²) in [5.41, 5.74) is 1.84. The maximum atomic E-state index is 9.36. The third-order valence-corrected chi connectivity index (χ3v) is 7.02. The monoisotopic (exact) mass is 417 g/mol. The molecule has 0 saturated carbocycles. The molecule has 2 aromatic heterocycles. The summed E-state index contributed by atoms with van der Waals surface area (Å²) in [5.74, 6) is 0. The van der Waals surface area contributed by atoms with Crippen LogP contribution in [0.2, 0.25) is 0 Å². The number of hydrogen-bond donors (Lipinski definition) is 0. The number of benzene rings is 3. The molecule has 0 aliphatic carbocycles. The summed E-state index contributed by atoms with van der Waals surface area (Å²) in [5, 5.41) is 13.8. The van der Waals surface area contributed by atoms with Crippen molar-refractivity contribution in [1.29, 1.82) is 5.26 Å². The topological polar surface area (TPSA) is 49.6 Å². The Morgan fingerprint density at radius 2 is 1.69 bits per heavy atom. The molecule has 26 heavy (non-hydrogen) atoms. The van der Waals surface area contributed by atoms with Gasteiger partial charge in [-0.3, -0.25) is 0 Å². The predicted octanol–water partition coefficient (Wildman–Crippen LogP) is 4.48. The molecule has 0 bridgehead atoms. The van der Waals surface area contributed by atoms with Gasteiger partial charge in [0.25, 0.3) is 0 Å². The van der Waals surface area contributed by atoms with Gasteiger partial charge < -0.3 is 0 Å². The first-order valence-corrected chi connectivity index (χ1v) is 10.6. The van der Waals surface area contributed by atoms with Gasteiger partial charge in [0.1, 0.15) is 0 Å². The standard InChI is InChI=1S/C21H11N3SSe/c22-11-26-21-15-7-3-1-5-13(15)9-16-19(23-12-24-20(16)21)18-10-14-6-2-4-8-17(14)25-18/h1-10,12H. The van der Waals surface area contributed by atoms with Crippen molar-refractivity contribution in [2.75, 3.05) is 0 Å². The molecule has 0 unspecified atom stereocenters. The van der Waals surface area contributed by atoms with E-state index in [1.807, 2.05) is 12.1 Å². The summed E-state index contributed by atoms with van der Waals surface area (Å²) in [7, 11) is 0.